The zero-order valence-electron chi connectivity index (χ0n) is 12.6. The Morgan fingerprint density at radius 3 is 2.60 bits per heavy atom. The quantitative estimate of drug-likeness (QED) is 0.907. The Kier molecular flexibility index (Phi) is 6.30. The van der Waals surface area contributed by atoms with Crippen molar-refractivity contribution < 1.29 is 9.53 Å². The SMILES string of the molecule is CN(CCNC(=O)OC(C)(C)C)Cc1ccccc1Cl. The number of alkyl carbamates (subject to hydrolysis) is 1. The normalized spacial score (nSPS) is 11.5. The van der Waals surface area contributed by atoms with Gasteiger partial charge in [-0.15, -0.1) is 0 Å². The molecule has 5 heteroatoms. The van der Waals surface area contributed by atoms with E-state index >= 15 is 0 Å². The topological polar surface area (TPSA) is 41.6 Å². The van der Waals surface area contributed by atoms with E-state index < -0.39 is 5.60 Å². The molecule has 0 atom stereocenters. The number of nitrogens with one attached hydrogen (secondary N) is 1. The van der Waals surface area contributed by atoms with Gasteiger partial charge in [-0.3, -0.25) is 0 Å². The van der Waals surface area contributed by atoms with Crippen LogP contribution in [0.3, 0.4) is 0 Å². The molecule has 0 bridgehead atoms. The summed E-state index contributed by atoms with van der Waals surface area (Å²) in [7, 11) is 1.99. The van der Waals surface area contributed by atoms with Gasteiger partial charge in [0, 0.05) is 24.7 Å². The van der Waals surface area contributed by atoms with Crippen LogP contribution in [0.2, 0.25) is 5.02 Å². The molecule has 20 heavy (non-hydrogen) atoms. The number of hydrogen-bond donors (Lipinski definition) is 1. The van der Waals surface area contributed by atoms with Crippen molar-refractivity contribution in [3.63, 3.8) is 0 Å². The summed E-state index contributed by atoms with van der Waals surface area (Å²) in [4.78, 5) is 13.6. The van der Waals surface area contributed by atoms with E-state index in [9.17, 15) is 4.79 Å². The minimum atomic E-state index is -0.465. The van der Waals surface area contributed by atoms with Gasteiger partial charge in [-0.2, -0.15) is 0 Å². The minimum absolute atomic E-state index is 0.386. The second kappa shape index (κ2) is 7.50. The van der Waals surface area contributed by atoms with Gasteiger partial charge in [-0.05, 0) is 39.4 Å². The highest BCUT2D eigenvalue weighted by Crippen LogP contribution is 2.16. The van der Waals surface area contributed by atoms with Crippen molar-refractivity contribution in [1.82, 2.24) is 10.2 Å². The number of carbonyl (C=O) groups excluding carboxylic acids is 1. The van der Waals surface area contributed by atoms with Crippen LogP contribution in [0.1, 0.15) is 26.3 Å². The van der Waals surface area contributed by atoms with Gasteiger partial charge >= 0.3 is 6.09 Å². The van der Waals surface area contributed by atoms with E-state index in [0.29, 0.717) is 6.54 Å². The summed E-state index contributed by atoms with van der Waals surface area (Å²) in [6, 6.07) is 7.76. The zero-order valence-corrected chi connectivity index (χ0v) is 13.3. The van der Waals surface area contributed by atoms with Crippen molar-refractivity contribution in [2.24, 2.45) is 0 Å². The lowest BCUT2D eigenvalue weighted by Gasteiger charge is -2.21. The maximum atomic E-state index is 11.5. The highest BCUT2D eigenvalue weighted by Gasteiger charge is 2.15. The van der Waals surface area contributed by atoms with Gasteiger partial charge in [0.05, 0.1) is 0 Å². The number of hydrogen-bond acceptors (Lipinski definition) is 3. The second-order valence-corrected chi connectivity index (χ2v) is 6.17. The third kappa shape index (κ3) is 6.78. The summed E-state index contributed by atoms with van der Waals surface area (Å²) in [5.41, 5.74) is 0.613. The van der Waals surface area contributed by atoms with E-state index in [1.807, 2.05) is 52.1 Å². The molecular formula is C15H23ClN2O2. The van der Waals surface area contributed by atoms with Gasteiger partial charge in [-0.1, -0.05) is 29.8 Å². The van der Waals surface area contributed by atoms with Crippen LogP contribution in [0.25, 0.3) is 0 Å². The van der Waals surface area contributed by atoms with Crippen LogP contribution >= 0.6 is 11.6 Å². The summed E-state index contributed by atoms with van der Waals surface area (Å²) in [6.45, 7) is 7.54. The molecule has 1 rings (SSSR count). The van der Waals surface area contributed by atoms with Gasteiger partial charge in [-0.25, -0.2) is 4.79 Å². The first-order valence-corrected chi connectivity index (χ1v) is 7.04. The maximum Gasteiger partial charge on any atom is 0.407 e. The first-order valence-electron chi connectivity index (χ1n) is 6.67. The average molecular weight is 299 g/mol. The van der Waals surface area contributed by atoms with Gasteiger partial charge in [0.2, 0.25) is 0 Å². The number of ether oxygens (including phenoxy) is 1. The number of amides is 1. The lowest BCUT2D eigenvalue weighted by molar-refractivity contribution is 0.0523. The molecule has 0 aliphatic rings. The van der Waals surface area contributed by atoms with Crippen LogP contribution < -0.4 is 5.32 Å². The summed E-state index contributed by atoms with van der Waals surface area (Å²) in [6.07, 6.45) is -0.386. The van der Waals surface area contributed by atoms with Crippen LogP contribution in [0.15, 0.2) is 24.3 Å². The smallest absolute Gasteiger partial charge is 0.407 e. The lowest BCUT2D eigenvalue weighted by atomic mass is 10.2. The molecule has 0 aliphatic heterocycles. The maximum absolute atomic E-state index is 11.5. The largest absolute Gasteiger partial charge is 0.444 e. The van der Waals surface area contributed by atoms with Crippen molar-refractivity contribution >= 4 is 17.7 Å². The highest BCUT2D eigenvalue weighted by atomic mass is 35.5. The Labute approximate surface area is 126 Å². The number of nitrogens with zero attached hydrogens (tertiary/aromatic N) is 1. The summed E-state index contributed by atoms with van der Waals surface area (Å²) in [5, 5.41) is 3.50. The second-order valence-electron chi connectivity index (χ2n) is 5.76. The first kappa shape index (κ1) is 16.8. The summed E-state index contributed by atoms with van der Waals surface area (Å²) >= 11 is 6.11. The van der Waals surface area contributed by atoms with Gasteiger partial charge in [0.15, 0.2) is 0 Å². The Bertz CT molecular complexity index is 444. The van der Waals surface area contributed by atoms with Crippen LogP contribution in [0.5, 0.6) is 0 Å². The molecule has 1 N–H and O–H groups in total. The van der Waals surface area contributed by atoms with E-state index in [0.717, 1.165) is 23.7 Å². The predicted octanol–water partition coefficient (Wildman–Crippen LogP) is 3.30. The van der Waals surface area contributed by atoms with E-state index in [-0.39, 0.29) is 6.09 Å². The molecule has 1 amide bonds. The van der Waals surface area contributed by atoms with E-state index in [1.54, 1.807) is 0 Å². The number of carbonyl (C=O) groups is 1. The van der Waals surface area contributed by atoms with Crippen molar-refractivity contribution in [2.45, 2.75) is 32.9 Å². The number of rotatable bonds is 5. The zero-order chi connectivity index (χ0) is 15.2. The highest BCUT2D eigenvalue weighted by molar-refractivity contribution is 6.31. The fourth-order valence-corrected chi connectivity index (χ4v) is 1.85. The van der Waals surface area contributed by atoms with Crippen LogP contribution in [-0.2, 0) is 11.3 Å². The molecule has 0 unspecified atom stereocenters. The van der Waals surface area contributed by atoms with Gasteiger partial charge in [0.25, 0.3) is 0 Å². The molecular weight excluding hydrogens is 276 g/mol. The minimum Gasteiger partial charge on any atom is -0.444 e. The third-order valence-electron chi connectivity index (χ3n) is 2.56. The molecule has 0 radical (unpaired) electrons. The first-order chi connectivity index (χ1) is 9.28. The van der Waals surface area contributed by atoms with Crippen LogP contribution in [0.4, 0.5) is 4.79 Å². The molecule has 0 saturated carbocycles. The van der Waals surface area contributed by atoms with Gasteiger partial charge < -0.3 is 15.0 Å². The predicted molar refractivity (Wildman–Crippen MR) is 82.0 cm³/mol. The number of likely N-dealkylation sites (N-methyl/N-ethyl adjacent to an activating group) is 1. The molecule has 0 aliphatic carbocycles. The Morgan fingerprint density at radius 2 is 2.00 bits per heavy atom. The Morgan fingerprint density at radius 1 is 1.35 bits per heavy atom. The molecule has 0 aromatic heterocycles. The summed E-state index contributed by atoms with van der Waals surface area (Å²) < 4.78 is 5.17. The van der Waals surface area contributed by atoms with Gasteiger partial charge in [0.1, 0.15) is 5.60 Å². The Balaban J connectivity index is 2.29. The average Bonchev–Trinajstić information content (AvgIpc) is 2.29. The van der Waals surface area contributed by atoms with Crippen LogP contribution in [0, 0.1) is 0 Å². The van der Waals surface area contributed by atoms with E-state index in [4.69, 9.17) is 16.3 Å². The fraction of sp³-hybridized carbons (Fsp3) is 0.533. The van der Waals surface area contributed by atoms with Crippen molar-refractivity contribution in [2.75, 3.05) is 20.1 Å². The van der Waals surface area contributed by atoms with E-state index in [2.05, 4.69) is 10.2 Å². The molecule has 1 aromatic rings. The standard InChI is InChI=1S/C15H23ClN2O2/c1-15(2,3)20-14(19)17-9-10-18(4)11-12-7-5-6-8-13(12)16/h5-8H,9-11H2,1-4H3,(H,17,19). The number of benzene rings is 1. The Hall–Kier alpha value is -1.26. The molecule has 0 spiro atoms. The number of halogens is 1. The molecule has 0 fully saturated rings. The third-order valence-corrected chi connectivity index (χ3v) is 2.93. The lowest BCUT2D eigenvalue weighted by Crippen LogP contribution is -2.36. The van der Waals surface area contributed by atoms with E-state index in [1.165, 1.54) is 0 Å². The molecule has 1 aromatic carbocycles. The monoisotopic (exact) mass is 298 g/mol. The molecule has 0 heterocycles. The van der Waals surface area contributed by atoms with Crippen molar-refractivity contribution in [1.29, 1.82) is 0 Å². The van der Waals surface area contributed by atoms with Crippen molar-refractivity contribution in [3.05, 3.63) is 34.9 Å². The molecule has 112 valence electrons. The fourth-order valence-electron chi connectivity index (χ4n) is 1.66. The molecule has 0 saturated heterocycles. The van der Waals surface area contributed by atoms with Crippen molar-refractivity contribution in [3.8, 4) is 0 Å². The summed E-state index contributed by atoms with van der Waals surface area (Å²) in [5.74, 6) is 0. The van der Waals surface area contributed by atoms with Crippen LogP contribution in [-0.4, -0.2) is 36.7 Å². The molecule has 4 nitrogen and oxygen atoms in total.